The summed E-state index contributed by atoms with van der Waals surface area (Å²) >= 11 is 0. The second-order valence-corrected chi connectivity index (χ2v) is 5.02. The summed E-state index contributed by atoms with van der Waals surface area (Å²) < 4.78 is 13.6. The van der Waals surface area contributed by atoms with Crippen LogP contribution >= 0.6 is 0 Å². The molecule has 0 heterocycles. The van der Waals surface area contributed by atoms with Crippen molar-refractivity contribution in [3.8, 4) is 0 Å². The minimum absolute atomic E-state index is 0.0971. The molecule has 0 radical (unpaired) electrons. The van der Waals surface area contributed by atoms with Crippen molar-refractivity contribution in [2.24, 2.45) is 0 Å². The van der Waals surface area contributed by atoms with E-state index in [1.807, 2.05) is 12.1 Å². The minimum Gasteiger partial charge on any atom is -0.313 e. The second kappa shape index (κ2) is 3.93. The minimum atomic E-state index is -0.131. The normalized spacial score (nSPS) is 16.7. The molecular weight excluding hydrogens is 189 g/mol. The zero-order chi connectivity index (χ0) is 10.9. The Morgan fingerprint density at radius 3 is 2.60 bits per heavy atom. The average Bonchev–Trinajstić information content (AvgIpc) is 2.99. The van der Waals surface area contributed by atoms with Gasteiger partial charge in [0.25, 0.3) is 0 Å². The summed E-state index contributed by atoms with van der Waals surface area (Å²) in [7, 11) is 0. The highest BCUT2D eigenvalue weighted by Gasteiger charge is 2.27. The molecule has 2 heteroatoms. The van der Waals surface area contributed by atoms with E-state index in [9.17, 15) is 4.39 Å². The summed E-state index contributed by atoms with van der Waals surface area (Å²) in [5, 5.41) is 3.46. The predicted molar refractivity (Wildman–Crippen MR) is 60.5 cm³/mol. The average molecular weight is 207 g/mol. The monoisotopic (exact) mass is 207 g/mol. The molecule has 1 nitrogen and oxygen atoms in total. The van der Waals surface area contributed by atoms with Crippen LogP contribution in [0.3, 0.4) is 0 Å². The van der Waals surface area contributed by atoms with E-state index in [1.165, 1.54) is 18.9 Å². The van der Waals surface area contributed by atoms with Gasteiger partial charge >= 0.3 is 0 Å². The standard InChI is InChI=1S/C13H18FN/c1-13(2,9-15-10-7-8-10)11-5-3-4-6-12(11)14/h3-6,10,15H,7-9H2,1-2H3. The maximum atomic E-state index is 13.6. The molecule has 82 valence electrons. The molecule has 0 bridgehead atoms. The van der Waals surface area contributed by atoms with Crippen LogP contribution in [0.15, 0.2) is 24.3 Å². The molecule has 0 amide bonds. The van der Waals surface area contributed by atoms with E-state index >= 15 is 0 Å². The molecule has 0 aromatic heterocycles. The summed E-state index contributed by atoms with van der Waals surface area (Å²) in [5.41, 5.74) is 0.673. The first-order chi connectivity index (χ1) is 7.09. The van der Waals surface area contributed by atoms with E-state index in [0.717, 1.165) is 12.1 Å². The van der Waals surface area contributed by atoms with Crippen LogP contribution < -0.4 is 5.32 Å². The smallest absolute Gasteiger partial charge is 0.126 e. The van der Waals surface area contributed by atoms with Crippen LogP contribution in [0.25, 0.3) is 0 Å². The Morgan fingerprint density at radius 2 is 2.00 bits per heavy atom. The Labute approximate surface area is 90.7 Å². The predicted octanol–water partition coefficient (Wildman–Crippen LogP) is 2.86. The van der Waals surface area contributed by atoms with Crippen LogP contribution in [-0.2, 0) is 5.41 Å². The SMILES string of the molecule is CC(C)(CNC1CC1)c1ccccc1F. The lowest BCUT2D eigenvalue weighted by molar-refractivity contribution is 0.443. The van der Waals surface area contributed by atoms with E-state index in [2.05, 4.69) is 19.2 Å². The Hall–Kier alpha value is -0.890. The highest BCUT2D eigenvalue weighted by atomic mass is 19.1. The van der Waals surface area contributed by atoms with Crippen LogP contribution in [0, 0.1) is 5.82 Å². The molecule has 2 rings (SSSR count). The second-order valence-electron chi connectivity index (χ2n) is 5.02. The van der Waals surface area contributed by atoms with Crippen molar-refractivity contribution < 1.29 is 4.39 Å². The Bertz CT molecular complexity index is 342. The summed E-state index contributed by atoms with van der Waals surface area (Å²) in [6.07, 6.45) is 2.54. The van der Waals surface area contributed by atoms with Crippen molar-refractivity contribution in [2.75, 3.05) is 6.54 Å². The maximum Gasteiger partial charge on any atom is 0.126 e. The van der Waals surface area contributed by atoms with Gasteiger partial charge in [0, 0.05) is 18.0 Å². The highest BCUT2D eigenvalue weighted by Crippen LogP contribution is 2.27. The summed E-state index contributed by atoms with van der Waals surface area (Å²) in [6, 6.07) is 7.73. The molecule has 0 spiro atoms. The van der Waals surface area contributed by atoms with Crippen LogP contribution in [0.4, 0.5) is 4.39 Å². The molecule has 0 unspecified atom stereocenters. The summed E-state index contributed by atoms with van der Waals surface area (Å²) in [5.74, 6) is -0.0971. The summed E-state index contributed by atoms with van der Waals surface area (Å²) in [6.45, 7) is 5.01. The molecule has 1 aliphatic carbocycles. The molecule has 1 aromatic carbocycles. The zero-order valence-corrected chi connectivity index (χ0v) is 9.39. The fourth-order valence-electron chi connectivity index (χ4n) is 1.79. The molecule has 1 aliphatic rings. The molecule has 15 heavy (non-hydrogen) atoms. The molecular formula is C13H18FN. The van der Waals surface area contributed by atoms with E-state index in [1.54, 1.807) is 6.07 Å². The van der Waals surface area contributed by atoms with E-state index < -0.39 is 0 Å². The van der Waals surface area contributed by atoms with Crippen LogP contribution in [0.1, 0.15) is 32.3 Å². The molecule has 1 saturated carbocycles. The van der Waals surface area contributed by atoms with Crippen molar-refractivity contribution in [3.63, 3.8) is 0 Å². The van der Waals surface area contributed by atoms with E-state index in [-0.39, 0.29) is 11.2 Å². The Morgan fingerprint density at radius 1 is 1.33 bits per heavy atom. The fourth-order valence-corrected chi connectivity index (χ4v) is 1.79. The van der Waals surface area contributed by atoms with Gasteiger partial charge in [-0.15, -0.1) is 0 Å². The first-order valence-electron chi connectivity index (χ1n) is 5.58. The van der Waals surface area contributed by atoms with Gasteiger partial charge in [-0.1, -0.05) is 32.0 Å². The number of hydrogen-bond acceptors (Lipinski definition) is 1. The van der Waals surface area contributed by atoms with Crippen molar-refractivity contribution in [1.82, 2.24) is 5.32 Å². The van der Waals surface area contributed by atoms with Crippen LogP contribution in [-0.4, -0.2) is 12.6 Å². The van der Waals surface area contributed by atoms with Crippen molar-refractivity contribution in [2.45, 2.75) is 38.1 Å². The van der Waals surface area contributed by atoms with Gasteiger partial charge in [0.1, 0.15) is 5.82 Å². The van der Waals surface area contributed by atoms with E-state index in [4.69, 9.17) is 0 Å². The number of halogens is 1. The largest absolute Gasteiger partial charge is 0.313 e. The van der Waals surface area contributed by atoms with Gasteiger partial charge in [0.05, 0.1) is 0 Å². The zero-order valence-electron chi connectivity index (χ0n) is 9.39. The van der Waals surface area contributed by atoms with Gasteiger partial charge in [0.2, 0.25) is 0 Å². The fraction of sp³-hybridized carbons (Fsp3) is 0.538. The topological polar surface area (TPSA) is 12.0 Å². The van der Waals surface area contributed by atoms with Crippen molar-refractivity contribution in [1.29, 1.82) is 0 Å². The lowest BCUT2D eigenvalue weighted by Crippen LogP contribution is -2.34. The molecule has 0 saturated heterocycles. The lowest BCUT2D eigenvalue weighted by Gasteiger charge is -2.26. The maximum absolute atomic E-state index is 13.6. The first-order valence-corrected chi connectivity index (χ1v) is 5.58. The number of hydrogen-bond donors (Lipinski definition) is 1. The lowest BCUT2D eigenvalue weighted by atomic mass is 9.84. The van der Waals surface area contributed by atoms with Crippen LogP contribution in [0.5, 0.6) is 0 Å². The third-order valence-electron chi connectivity index (χ3n) is 3.01. The first kappa shape index (κ1) is 10.6. The van der Waals surface area contributed by atoms with Crippen molar-refractivity contribution in [3.05, 3.63) is 35.6 Å². The number of benzene rings is 1. The number of nitrogens with one attached hydrogen (secondary N) is 1. The highest BCUT2D eigenvalue weighted by molar-refractivity contribution is 5.26. The third kappa shape index (κ3) is 2.57. The summed E-state index contributed by atoms with van der Waals surface area (Å²) in [4.78, 5) is 0. The van der Waals surface area contributed by atoms with E-state index in [0.29, 0.717) is 6.04 Å². The molecule has 0 aliphatic heterocycles. The molecule has 1 N–H and O–H groups in total. The van der Waals surface area contributed by atoms with Crippen LogP contribution in [0.2, 0.25) is 0 Å². The van der Waals surface area contributed by atoms with Gasteiger partial charge in [-0.2, -0.15) is 0 Å². The van der Waals surface area contributed by atoms with Gasteiger partial charge < -0.3 is 5.32 Å². The van der Waals surface area contributed by atoms with Crippen molar-refractivity contribution >= 4 is 0 Å². The Kier molecular flexibility index (Phi) is 2.79. The third-order valence-corrected chi connectivity index (χ3v) is 3.01. The Balaban J connectivity index is 2.08. The van der Waals surface area contributed by atoms with Gasteiger partial charge in [-0.25, -0.2) is 4.39 Å². The molecule has 1 aromatic rings. The van der Waals surface area contributed by atoms with Gasteiger partial charge in [-0.3, -0.25) is 0 Å². The quantitative estimate of drug-likeness (QED) is 0.800. The van der Waals surface area contributed by atoms with Gasteiger partial charge in [0.15, 0.2) is 0 Å². The molecule has 0 atom stereocenters. The number of rotatable bonds is 4. The molecule has 1 fully saturated rings. The van der Waals surface area contributed by atoms with Gasteiger partial charge in [-0.05, 0) is 24.5 Å².